The monoisotopic (exact) mass is 505 g/mol. The summed E-state index contributed by atoms with van der Waals surface area (Å²) in [4.78, 5) is 31.7. The maximum absolute atomic E-state index is 13.2. The van der Waals surface area contributed by atoms with Crippen molar-refractivity contribution in [1.29, 1.82) is 0 Å². The molecule has 0 aromatic heterocycles. The van der Waals surface area contributed by atoms with E-state index in [1.54, 1.807) is 0 Å². The van der Waals surface area contributed by atoms with Crippen LogP contribution in [0.25, 0.3) is 5.76 Å². The van der Waals surface area contributed by atoms with Gasteiger partial charge in [0.15, 0.2) is 5.75 Å². The van der Waals surface area contributed by atoms with Crippen LogP contribution in [0.2, 0.25) is 10.0 Å². The fraction of sp³-hybridized carbons (Fsp3) is 0.360. The summed E-state index contributed by atoms with van der Waals surface area (Å²) in [7, 11) is 9.19. The molecule has 0 spiro atoms. The van der Waals surface area contributed by atoms with Crippen molar-refractivity contribution in [2.24, 2.45) is 0 Å². The Balaban J connectivity index is 2.14. The van der Waals surface area contributed by atoms with Crippen molar-refractivity contribution >= 4 is 46.3 Å². The molecule has 1 aliphatic heterocycles. The zero-order valence-corrected chi connectivity index (χ0v) is 21.4. The van der Waals surface area contributed by atoms with Crippen molar-refractivity contribution in [2.45, 2.75) is 12.5 Å². The fourth-order valence-electron chi connectivity index (χ4n) is 4.02. The van der Waals surface area contributed by atoms with Gasteiger partial charge in [-0.2, -0.15) is 0 Å². The van der Waals surface area contributed by atoms with E-state index in [0.29, 0.717) is 13.0 Å². The number of benzene rings is 2. The van der Waals surface area contributed by atoms with Crippen LogP contribution in [-0.4, -0.2) is 75.0 Å². The highest BCUT2D eigenvalue weighted by Gasteiger charge is 2.45. The summed E-state index contributed by atoms with van der Waals surface area (Å²) in [6.45, 7) is 1.11. The van der Waals surface area contributed by atoms with Crippen molar-refractivity contribution in [3.05, 3.63) is 63.1 Å². The summed E-state index contributed by atoms with van der Waals surface area (Å²) < 4.78 is 5.18. The number of methoxy groups -OCH3 is 1. The van der Waals surface area contributed by atoms with E-state index in [-0.39, 0.29) is 32.7 Å². The lowest BCUT2D eigenvalue weighted by Gasteiger charge is -2.26. The minimum absolute atomic E-state index is 0.00440. The van der Waals surface area contributed by atoms with E-state index in [4.69, 9.17) is 27.9 Å². The highest BCUT2D eigenvalue weighted by atomic mass is 35.5. The molecule has 7 nitrogen and oxygen atoms in total. The predicted molar refractivity (Wildman–Crippen MR) is 136 cm³/mol. The lowest BCUT2D eigenvalue weighted by atomic mass is 9.95. The third-order valence-electron chi connectivity index (χ3n) is 5.75. The normalized spacial score (nSPS) is 17.5. The topological polar surface area (TPSA) is 73.3 Å². The van der Waals surface area contributed by atoms with Crippen molar-refractivity contribution in [2.75, 3.05) is 53.3 Å². The Morgan fingerprint density at radius 2 is 1.65 bits per heavy atom. The molecule has 1 unspecified atom stereocenters. The van der Waals surface area contributed by atoms with Gasteiger partial charge in [-0.25, -0.2) is 0 Å². The molecule has 1 N–H and O–H groups in total. The third-order valence-corrected chi connectivity index (χ3v) is 6.31. The molecular formula is C25H29Cl2N3O4. The Kier molecular flexibility index (Phi) is 8.13. The van der Waals surface area contributed by atoms with E-state index in [1.807, 2.05) is 62.3 Å². The molecule has 34 heavy (non-hydrogen) atoms. The van der Waals surface area contributed by atoms with Gasteiger partial charge in [0.25, 0.3) is 11.7 Å². The molecule has 1 fully saturated rings. The Hall–Kier alpha value is -2.74. The molecule has 0 bridgehead atoms. The molecule has 182 valence electrons. The number of rotatable bonds is 8. The largest absolute Gasteiger partial charge is 0.507 e. The maximum atomic E-state index is 13.2. The first-order valence-electron chi connectivity index (χ1n) is 10.8. The van der Waals surface area contributed by atoms with E-state index < -0.39 is 17.7 Å². The van der Waals surface area contributed by atoms with Crippen molar-refractivity contribution in [1.82, 2.24) is 9.80 Å². The number of ketones is 1. The van der Waals surface area contributed by atoms with E-state index in [0.717, 1.165) is 17.8 Å². The Morgan fingerprint density at radius 1 is 1.06 bits per heavy atom. The number of likely N-dealkylation sites (tertiary alicyclic amines) is 1. The number of hydrogen-bond acceptors (Lipinski definition) is 6. The number of anilines is 1. The molecule has 0 radical (unpaired) electrons. The molecule has 1 atom stereocenters. The molecule has 2 aromatic carbocycles. The molecular weight excluding hydrogens is 477 g/mol. The van der Waals surface area contributed by atoms with Gasteiger partial charge in [-0.3, -0.25) is 9.59 Å². The van der Waals surface area contributed by atoms with Gasteiger partial charge in [0.2, 0.25) is 0 Å². The van der Waals surface area contributed by atoms with Gasteiger partial charge in [0.05, 0.1) is 28.8 Å². The van der Waals surface area contributed by atoms with Gasteiger partial charge < -0.3 is 24.5 Å². The summed E-state index contributed by atoms with van der Waals surface area (Å²) in [5, 5.41) is 11.6. The van der Waals surface area contributed by atoms with Crippen LogP contribution in [0, 0.1) is 0 Å². The molecule has 1 heterocycles. The van der Waals surface area contributed by atoms with Crippen LogP contribution in [0.15, 0.2) is 42.0 Å². The highest BCUT2D eigenvalue weighted by molar-refractivity contribution is 6.46. The number of aliphatic hydroxyl groups excluding tert-OH is 1. The Bertz CT molecular complexity index is 1090. The standard InChI is InChI=1S/C25H29Cl2N3O4/c1-28(2)11-6-12-30-21(15-7-9-17(10-8-15)29(3)4)20(23(32)25(30)33)22(31)16-13-18(26)24(34-5)19(27)14-16/h7-10,13-14,21,31H,6,11-12H2,1-5H3/b22-20+. The third kappa shape index (κ3) is 5.17. The van der Waals surface area contributed by atoms with Crippen LogP contribution in [0.3, 0.4) is 0 Å². The zero-order chi connectivity index (χ0) is 25.2. The molecule has 0 aliphatic carbocycles. The number of Topliss-reactive ketones (excluding diaryl/α,β-unsaturated/α-hetero) is 1. The van der Waals surface area contributed by atoms with Crippen LogP contribution in [0.5, 0.6) is 5.75 Å². The van der Waals surface area contributed by atoms with Gasteiger partial charge in [-0.1, -0.05) is 35.3 Å². The molecule has 3 rings (SSSR count). The second-order valence-electron chi connectivity index (χ2n) is 8.61. The minimum atomic E-state index is -0.743. The van der Waals surface area contributed by atoms with Crippen LogP contribution in [-0.2, 0) is 9.59 Å². The SMILES string of the molecule is COc1c(Cl)cc(/C(O)=C2\C(=O)C(=O)N(CCCN(C)C)C2c2ccc(N(C)C)cc2)cc1Cl. The summed E-state index contributed by atoms with van der Waals surface area (Å²) in [5.41, 5.74) is 1.94. The zero-order valence-electron chi connectivity index (χ0n) is 19.9. The number of nitrogens with zero attached hydrogens (tertiary/aromatic N) is 3. The average molecular weight is 506 g/mol. The lowest BCUT2D eigenvalue weighted by molar-refractivity contribution is -0.139. The number of aliphatic hydroxyl groups is 1. The van der Waals surface area contributed by atoms with E-state index in [1.165, 1.54) is 24.1 Å². The van der Waals surface area contributed by atoms with Gasteiger partial charge >= 0.3 is 0 Å². The van der Waals surface area contributed by atoms with Crippen molar-refractivity contribution in [3.8, 4) is 5.75 Å². The summed E-state index contributed by atoms with van der Waals surface area (Å²) >= 11 is 12.5. The maximum Gasteiger partial charge on any atom is 0.295 e. The minimum Gasteiger partial charge on any atom is -0.507 e. The van der Waals surface area contributed by atoms with Crippen LogP contribution < -0.4 is 9.64 Å². The second kappa shape index (κ2) is 10.7. The average Bonchev–Trinajstić information content (AvgIpc) is 3.03. The first kappa shape index (κ1) is 25.9. The number of halogens is 2. The number of carbonyl (C=O) groups excluding carboxylic acids is 2. The Labute approximate surface area is 210 Å². The number of amides is 1. The summed E-state index contributed by atoms with van der Waals surface area (Å²) in [6.07, 6.45) is 0.673. The molecule has 2 aromatic rings. The quantitative estimate of drug-likeness (QED) is 0.324. The number of carbonyl (C=O) groups is 2. The summed E-state index contributed by atoms with van der Waals surface area (Å²) in [5.74, 6) is -1.46. The lowest BCUT2D eigenvalue weighted by Crippen LogP contribution is -2.32. The Morgan fingerprint density at radius 3 is 2.15 bits per heavy atom. The summed E-state index contributed by atoms with van der Waals surface area (Å²) in [6, 6.07) is 9.75. The van der Waals surface area contributed by atoms with Crippen LogP contribution in [0.1, 0.15) is 23.6 Å². The van der Waals surface area contributed by atoms with Crippen molar-refractivity contribution in [3.63, 3.8) is 0 Å². The first-order chi connectivity index (χ1) is 16.1. The van der Waals surface area contributed by atoms with Crippen LogP contribution >= 0.6 is 23.2 Å². The molecule has 1 saturated heterocycles. The van der Waals surface area contributed by atoms with E-state index >= 15 is 0 Å². The van der Waals surface area contributed by atoms with Gasteiger partial charge in [0, 0.05) is 31.9 Å². The van der Waals surface area contributed by atoms with Gasteiger partial charge in [0.1, 0.15) is 5.76 Å². The number of ether oxygens (including phenoxy) is 1. The van der Waals surface area contributed by atoms with Gasteiger partial charge in [-0.05, 0) is 56.9 Å². The van der Waals surface area contributed by atoms with Crippen molar-refractivity contribution < 1.29 is 19.4 Å². The molecule has 1 amide bonds. The predicted octanol–water partition coefficient (Wildman–Crippen LogP) is 4.44. The molecule has 1 aliphatic rings. The second-order valence-corrected chi connectivity index (χ2v) is 9.42. The molecule has 0 saturated carbocycles. The van der Waals surface area contributed by atoms with Crippen LogP contribution in [0.4, 0.5) is 5.69 Å². The van der Waals surface area contributed by atoms with Gasteiger partial charge in [-0.15, -0.1) is 0 Å². The van der Waals surface area contributed by atoms with E-state index in [2.05, 4.69) is 0 Å². The number of hydrogen-bond donors (Lipinski definition) is 1. The smallest absolute Gasteiger partial charge is 0.295 e. The fourth-order valence-corrected chi connectivity index (χ4v) is 4.66. The first-order valence-corrected chi connectivity index (χ1v) is 11.6. The molecule has 9 heteroatoms. The van der Waals surface area contributed by atoms with E-state index in [9.17, 15) is 14.7 Å². The highest BCUT2D eigenvalue weighted by Crippen LogP contribution is 2.42.